The number of aromatic nitrogens is 2. The minimum absolute atomic E-state index is 0.176. The Bertz CT molecular complexity index is 1020. The number of imidazole rings is 1. The van der Waals surface area contributed by atoms with Crippen LogP contribution in [-0.2, 0) is 17.8 Å². The number of nitriles is 1. The minimum Gasteiger partial charge on any atom is -0.342 e. The van der Waals surface area contributed by atoms with Gasteiger partial charge in [0.2, 0.25) is 5.91 Å². The Balaban J connectivity index is 1.37. The molecule has 6 heteroatoms. The van der Waals surface area contributed by atoms with Crippen molar-refractivity contribution in [1.82, 2.24) is 14.9 Å². The standard InChI is InChI=1S/C21H19ClN4O/c22-17-5-6-18-19(11-17)25-20(24-18)9-16-7-8-26(21(27)10-16)13-15-3-1-14(12-23)2-4-15/h1-6,11,16H,7-10,13H2,(H,24,25). The van der Waals surface area contributed by atoms with Crippen molar-refractivity contribution in [1.29, 1.82) is 5.26 Å². The van der Waals surface area contributed by atoms with E-state index in [4.69, 9.17) is 16.9 Å². The first-order chi connectivity index (χ1) is 13.1. The van der Waals surface area contributed by atoms with Gasteiger partial charge in [-0.2, -0.15) is 5.26 Å². The lowest BCUT2D eigenvalue weighted by atomic mass is 9.92. The van der Waals surface area contributed by atoms with Crippen LogP contribution in [0.4, 0.5) is 0 Å². The molecule has 1 saturated heterocycles. The molecule has 0 bridgehead atoms. The molecule has 1 aliphatic heterocycles. The van der Waals surface area contributed by atoms with Crippen LogP contribution in [-0.4, -0.2) is 27.3 Å². The third kappa shape index (κ3) is 3.96. The molecule has 27 heavy (non-hydrogen) atoms. The number of benzene rings is 2. The highest BCUT2D eigenvalue weighted by atomic mass is 35.5. The number of hydrogen-bond acceptors (Lipinski definition) is 3. The number of nitrogens with one attached hydrogen (secondary N) is 1. The van der Waals surface area contributed by atoms with E-state index >= 15 is 0 Å². The number of hydrogen-bond donors (Lipinski definition) is 1. The summed E-state index contributed by atoms with van der Waals surface area (Å²) in [4.78, 5) is 22.4. The zero-order valence-corrected chi connectivity index (χ0v) is 15.5. The molecule has 2 heterocycles. The molecule has 1 aliphatic rings. The first kappa shape index (κ1) is 17.6. The zero-order chi connectivity index (χ0) is 18.8. The molecule has 0 spiro atoms. The van der Waals surface area contributed by atoms with Gasteiger partial charge in [0, 0.05) is 31.0 Å². The van der Waals surface area contributed by atoms with Gasteiger partial charge in [-0.3, -0.25) is 4.79 Å². The molecule has 0 aliphatic carbocycles. The van der Waals surface area contributed by atoms with Crippen LogP contribution < -0.4 is 0 Å². The van der Waals surface area contributed by atoms with Gasteiger partial charge in [0.05, 0.1) is 22.7 Å². The molecular weight excluding hydrogens is 360 g/mol. The largest absolute Gasteiger partial charge is 0.342 e. The fraction of sp³-hybridized carbons (Fsp3) is 0.286. The number of rotatable bonds is 4. The number of carbonyl (C=O) groups is 1. The molecule has 4 rings (SSSR count). The highest BCUT2D eigenvalue weighted by Crippen LogP contribution is 2.25. The lowest BCUT2D eigenvalue weighted by Crippen LogP contribution is -2.38. The van der Waals surface area contributed by atoms with Crippen molar-refractivity contribution in [2.24, 2.45) is 5.92 Å². The Morgan fingerprint density at radius 1 is 1.26 bits per heavy atom. The van der Waals surface area contributed by atoms with E-state index in [9.17, 15) is 4.79 Å². The number of fused-ring (bicyclic) bond motifs is 1. The van der Waals surface area contributed by atoms with Crippen LogP contribution in [0.25, 0.3) is 11.0 Å². The summed E-state index contributed by atoms with van der Waals surface area (Å²) in [6.07, 6.45) is 2.26. The van der Waals surface area contributed by atoms with Crippen molar-refractivity contribution < 1.29 is 4.79 Å². The van der Waals surface area contributed by atoms with Crippen molar-refractivity contribution in [2.45, 2.75) is 25.8 Å². The molecule has 1 atom stereocenters. The fourth-order valence-electron chi connectivity index (χ4n) is 3.59. The van der Waals surface area contributed by atoms with Crippen molar-refractivity contribution in [3.8, 4) is 6.07 Å². The van der Waals surface area contributed by atoms with Crippen LogP contribution in [0.5, 0.6) is 0 Å². The summed E-state index contributed by atoms with van der Waals surface area (Å²) in [5.41, 5.74) is 3.52. The molecule has 1 unspecified atom stereocenters. The van der Waals surface area contributed by atoms with Crippen LogP contribution >= 0.6 is 11.6 Å². The fourth-order valence-corrected chi connectivity index (χ4v) is 3.76. The molecule has 1 aromatic heterocycles. The SMILES string of the molecule is N#Cc1ccc(CN2CCC(Cc3nc4ccc(Cl)cc4[nH]3)CC2=O)cc1. The van der Waals surface area contributed by atoms with Gasteiger partial charge >= 0.3 is 0 Å². The Kier molecular flexibility index (Phi) is 4.83. The number of H-pyrrole nitrogens is 1. The van der Waals surface area contributed by atoms with E-state index in [2.05, 4.69) is 16.0 Å². The Morgan fingerprint density at radius 2 is 2.07 bits per heavy atom. The smallest absolute Gasteiger partial charge is 0.223 e. The van der Waals surface area contributed by atoms with E-state index in [0.29, 0.717) is 29.5 Å². The quantitative estimate of drug-likeness (QED) is 0.743. The molecule has 5 nitrogen and oxygen atoms in total. The van der Waals surface area contributed by atoms with E-state index in [1.54, 1.807) is 12.1 Å². The summed E-state index contributed by atoms with van der Waals surface area (Å²) < 4.78 is 0. The van der Waals surface area contributed by atoms with Crippen molar-refractivity contribution in [3.05, 3.63) is 64.4 Å². The third-order valence-electron chi connectivity index (χ3n) is 5.05. The molecule has 1 fully saturated rings. The van der Waals surface area contributed by atoms with E-state index < -0.39 is 0 Å². The molecule has 0 radical (unpaired) electrons. The van der Waals surface area contributed by atoms with Gasteiger partial charge in [0.25, 0.3) is 0 Å². The predicted octanol–water partition coefficient (Wildman–Crippen LogP) is 4.07. The summed E-state index contributed by atoms with van der Waals surface area (Å²) in [5, 5.41) is 9.56. The topological polar surface area (TPSA) is 72.8 Å². The highest BCUT2D eigenvalue weighted by molar-refractivity contribution is 6.31. The maximum Gasteiger partial charge on any atom is 0.223 e. The summed E-state index contributed by atoms with van der Waals surface area (Å²) in [6, 6.07) is 15.1. The highest BCUT2D eigenvalue weighted by Gasteiger charge is 2.26. The van der Waals surface area contributed by atoms with E-state index in [1.165, 1.54) is 0 Å². The molecular formula is C21H19ClN4O. The van der Waals surface area contributed by atoms with Gasteiger partial charge in [-0.15, -0.1) is 0 Å². The average molecular weight is 379 g/mol. The summed E-state index contributed by atoms with van der Waals surface area (Å²) in [7, 11) is 0. The lowest BCUT2D eigenvalue weighted by molar-refractivity contribution is -0.135. The van der Waals surface area contributed by atoms with E-state index in [1.807, 2.05) is 35.2 Å². The van der Waals surface area contributed by atoms with Crippen LogP contribution in [0.15, 0.2) is 42.5 Å². The average Bonchev–Trinajstić information content (AvgIpc) is 3.06. The monoisotopic (exact) mass is 378 g/mol. The molecule has 1 N–H and O–H groups in total. The number of aromatic amines is 1. The van der Waals surface area contributed by atoms with Crippen LogP contribution in [0.3, 0.4) is 0 Å². The van der Waals surface area contributed by atoms with E-state index in [-0.39, 0.29) is 5.91 Å². The van der Waals surface area contributed by atoms with Crippen LogP contribution in [0.1, 0.15) is 29.8 Å². The van der Waals surface area contributed by atoms with Gasteiger partial charge in [-0.25, -0.2) is 4.98 Å². The minimum atomic E-state index is 0.176. The lowest BCUT2D eigenvalue weighted by Gasteiger charge is -2.31. The maximum absolute atomic E-state index is 12.6. The van der Waals surface area contributed by atoms with Crippen molar-refractivity contribution in [3.63, 3.8) is 0 Å². The molecule has 0 saturated carbocycles. The third-order valence-corrected chi connectivity index (χ3v) is 5.29. The molecule has 136 valence electrons. The van der Waals surface area contributed by atoms with Crippen molar-refractivity contribution in [2.75, 3.05) is 6.54 Å². The summed E-state index contributed by atoms with van der Waals surface area (Å²) >= 11 is 6.02. The normalized spacial score (nSPS) is 17.3. The Morgan fingerprint density at radius 3 is 2.81 bits per heavy atom. The number of halogens is 1. The Hall–Kier alpha value is -2.84. The number of likely N-dealkylation sites (tertiary alicyclic amines) is 1. The van der Waals surface area contributed by atoms with Crippen LogP contribution in [0, 0.1) is 17.2 Å². The number of carbonyl (C=O) groups excluding carboxylic acids is 1. The summed E-state index contributed by atoms with van der Waals surface area (Å²) in [5.74, 6) is 1.38. The second-order valence-electron chi connectivity index (χ2n) is 7.03. The van der Waals surface area contributed by atoms with Gasteiger partial charge in [0.1, 0.15) is 5.82 Å². The predicted molar refractivity (Wildman–Crippen MR) is 104 cm³/mol. The second kappa shape index (κ2) is 7.42. The second-order valence-corrected chi connectivity index (χ2v) is 7.47. The van der Waals surface area contributed by atoms with E-state index in [0.717, 1.165) is 41.8 Å². The van der Waals surface area contributed by atoms with Crippen LogP contribution in [0.2, 0.25) is 5.02 Å². The molecule has 3 aromatic rings. The number of amides is 1. The number of piperidine rings is 1. The zero-order valence-electron chi connectivity index (χ0n) is 14.8. The van der Waals surface area contributed by atoms with Gasteiger partial charge < -0.3 is 9.88 Å². The maximum atomic E-state index is 12.6. The first-order valence-electron chi connectivity index (χ1n) is 9.01. The van der Waals surface area contributed by atoms with Crippen molar-refractivity contribution >= 4 is 28.5 Å². The first-order valence-corrected chi connectivity index (χ1v) is 9.39. The summed E-state index contributed by atoms with van der Waals surface area (Å²) in [6.45, 7) is 1.34. The number of nitrogens with zero attached hydrogens (tertiary/aromatic N) is 3. The van der Waals surface area contributed by atoms with Gasteiger partial charge in [-0.05, 0) is 48.2 Å². The van der Waals surface area contributed by atoms with Gasteiger partial charge in [-0.1, -0.05) is 23.7 Å². The van der Waals surface area contributed by atoms with Gasteiger partial charge in [0.15, 0.2) is 0 Å². The molecule has 2 aromatic carbocycles. The Labute approximate surface area is 162 Å². The molecule has 1 amide bonds.